The second-order valence-corrected chi connectivity index (χ2v) is 6.78. The summed E-state index contributed by atoms with van der Waals surface area (Å²) < 4.78 is 11.4. The van der Waals surface area contributed by atoms with Crippen molar-refractivity contribution in [2.24, 2.45) is 0 Å². The number of thioether (sulfide) groups is 1. The van der Waals surface area contributed by atoms with Crippen molar-refractivity contribution in [3.63, 3.8) is 0 Å². The number of rotatable bonds is 6. The van der Waals surface area contributed by atoms with Gasteiger partial charge in [0, 0.05) is 14.9 Å². The number of carbonyl (C=O) groups excluding carboxylic acids is 2. The van der Waals surface area contributed by atoms with Crippen LogP contribution < -0.4 is 4.74 Å². The summed E-state index contributed by atoms with van der Waals surface area (Å²) in [7, 11) is 1.49. The molecule has 2 rings (SSSR count). The van der Waals surface area contributed by atoms with Gasteiger partial charge in [0.25, 0.3) is 0 Å². The van der Waals surface area contributed by atoms with E-state index < -0.39 is 12.1 Å². The molecule has 24 heavy (non-hydrogen) atoms. The predicted octanol–water partition coefficient (Wildman–Crippen LogP) is 4.61. The van der Waals surface area contributed by atoms with E-state index in [1.54, 1.807) is 55.1 Å². The highest BCUT2D eigenvalue weighted by atomic mass is 79.9. The number of Topliss-reactive ketones (excluding diaryl/α,β-unsaturated/α-hetero) is 1. The molecule has 0 aliphatic rings. The first kappa shape index (κ1) is 18.5. The van der Waals surface area contributed by atoms with E-state index in [2.05, 4.69) is 15.9 Å². The first-order valence-corrected chi connectivity index (χ1v) is 9.20. The number of methoxy groups -OCH3 is 1. The van der Waals surface area contributed by atoms with E-state index >= 15 is 0 Å². The molecule has 0 N–H and O–H groups in total. The minimum Gasteiger partial charge on any atom is -0.496 e. The molecule has 0 fully saturated rings. The fourth-order valence-corrected chi connectivity index (χ4v) is 2.79. The van der Waals surface area contributed by atoms with Gasteiger partial charge in [-0.25, -0.2) is 4.79 Å². The molecule has 0 heterocycles. The van der Waals surface area contributed by atoms with Gasteiger partial charge in [-0.05, 0) is 43.5 Å². The quantitative estimate of drug-likeness (QED) is 0.396. The fraction of sp³-hybridized carbons (Fsp3) is 0.222. The number of ether oxygens (including phenoxy) is 2. The van der Waals surface area contributed by atoms with Gasteiger partial charge in [-0.3, -0.25) is 4.79 Å². The van der Waals surface area contributed by atoms with Crippen LogP contribution in [0.2, 0.25) is 0 Å². The lowest BCUT2D eigenvalue weighted by molar-refractivity contribution is 0.0316. The summed E-state index contributed by atoms with van der Waals surface area (Å²) in [6, 6.07) is 12.1. The van der Waals surface area contributed by atoms with Crippen molar-refractivity contribution >= 4 is 39.4 Å². The Morgan fingerprint density at radius 1 is 1.12 bits per heavy atom. The van der Waals surface area contributed by atoms with Gasteiger partial charge < -0.3 is 9.47 Å². The zero-order chi connectivity index (χ0) is 17.7. The number of halogens is 1. The molecule has 0 bridgehead atoms. The molecule has 2 aromatic rings. The molecule has 0 spiro atoms. The number of hydrogen-bond acceptors (Lipinski definition) is 5. The Morgan fingerprint density at radius 3 is 2.38 bits per heavy atom. The van der Waals surface area contributed by atoms with E-state index in [1.807, 2.05) is 12.3 Å². The fourth-order valence-electron chi connectivity index (χ4n) is 2.09. The summed E-state index contributed by atoms with van der Waals surface area (Å²) in [5, 5.41) is 0. The molecule has 0 unspecified atom stereocenters. The van der Waals surface area contributed by atoms with Crippen molar-refractivity contribution < 1.29 is 19.1 Å². The van der Waals surface area contributed by atoms with Crippen LogP contribution in [0.5, 0.6) is 5.75 Å². The molecule has 0 aromatic heterocycles. The largest absolute Gasteiger partial charge is 0.496 e. The van der Waals surface area contributed by atoms with Gasteiger partial charge in [0.2, 0.25) is 5.78 Å². The molecule has 126 valence electrons. The highest BCUT2D eigenvalue weighted by Crippen LogP contribution is 2.26. The van der Waals surface area contributed by atoms with Crippen LogP contribution in [-0.2, 0) is 4.74 Å². The Hall–Kier alpha value is -1.79. The van der Waals surface area contributed by atoms with Crippen LogP contribution in [0.3, 0.4) is 0 Å². The predicted molar refractivity (Wildman–Crippen MR) is 98.1 cm³/mol. The van der Waals surface area contributed by atoms with Crippen LogP contribution >= 0.6 is 27.7 Å². The standard InChI is InChI=1S/C18H17BrO4S/c1-11(17(20)12-4-6-13(19)7-5-12)23-18(21)15-9-8-14(24-3)10-16(15)22-2/h4-11H,1-3H3/t11-/m1/s1. The van der Waals surface area contributed by atoms with E-state index in [1.165, 1.54) is 7.11 Å². The highest BCUT2D eigenvalue weighted by Gasteiger charge is 2.22. The van der Waals surface area contributed by atoms with Crippen molar-refractivity contribution in [1.82, 2.24) is 0 Å². The van der Waals surface area contributed by atoms with Crippen molar-refractivity contribution in [3.8, 4) is 5.75 Å². The Labute approximate surface area is 153 Å². The van der Waals surface area contributed by atoms with Crippen LogP contribution in [0.4, 0.5) is 0 Å². The minimum atomic E-state index is -0.886. The maximum Gasteiger partial charge on any atom is 0.342 e. The van der Waals surface area contributed by atoms with E-state index in [0.717, 1.165) is 9.37 Å². The maximum absolute atomic E-state index is 12.4. The average Bonchev–Trinajstić information content (AvgIpc) is 2.60. The molecule has 1 atom stereocenters. The zero-order valence-corrected chi connectivity index (χ0v) is 15.9. The first-order chi connectivity index (χ1) is 11.5. The third-order valence-corrected chi connectivity index (χ3v) is 4.66. The highest BCUT2D eigenvalue weighted by molar-refractivity contribution is 9.10. The van der Waals surface area contributed by atoms with E-state index in [0.29, 0.717) is 16.9 Å². The Kier molecular flexibility index (Phi) is 6.45. The molecule has 0 aliphatic heterocycles. The van der Waals surface area contributed by atoms with Crippen LogP contribution in [-0.4, -0.2) is 31.2 Å². The van der Waals surface area contributed by atoms with Crippen molar-refractivity contribution in [1.29, 1.82) is 0 Å². The number of esters is 1. The average molecular weight is 409 g/mol. The van der Waals surface area contributed by atoms with E-state index in [-0.39, 0.29) is 5.78 Å². The summed E-state index contributed by atoms with van der Waals surface area (Å²) >= 11 is 4.86. The Balaban J connectivity index is 2.14. The Bertz CT molecular complexity index is 743. The van der Waals surface area contributed by atoms with Crippen LogP contribution in [0.15, 0.2) is 51.8 Å². The molecule has 0 radical (unpaired) electrons. The Morgan fingerprint density at radius 2 is 1.79 bits per heavy atom. The lowest BCUT2D eigenvalue weighted by Gasteiger charge is -2.14. The molecule has 6 heteroatoms. The van der Waals surface area contributed by atoms with Crippen LogP contribution in [0.1, 0.15) is 27.6 Å². The van der Waals surface area contributed by atoms with Crippen molar-refractivity contribution in [2.75, 3.05) is 13.4 Å². The third-order valence-electron chi connectivity index (χ3n) is 3.41. The molecule has 4 nitrogen and oxygen atoms in total. The number of hydrogen-bond donors (Lipinski definition) is 0. The van der Waals surface area contributed by atoms with Crippen molar-refractivity contribution in [3.05, 3.63) is 58.1 Å². The summed E-state index contributed by atoms with van der Waals surface area (Å²) in [5.41, 5.74) is 0.786. The number of benzene rings is 2. The number of carbonyl (C=O) groups is 2. The zero-order valence-electron chi connectivity index (χ0n) is 13.5. The molecular formula is C18H17BrO4S. The molecule has 2 aromatic carbocycles. The monoisotopic (exact) mass is 408 g/mol. The molecular weight excluding hydrogens is 392 g/mol. The van der Waals surface area contributed by atoms with Crippen LogP contribution in [0.25, 0.3) is 0 Å². The summed E-state index contributed by atoms with van der Waals surface area (Å²) in [4.78, 5) is 25.7. The first-order valence-electron chi connectivity index (χ1n) is 7.19. The maximum atomic E-state index is 12.4. The normalized spacial score (nSPS) is 11.7. The van der Waals surface area contributed by atoms with Crippen LogP contribution in [0, 0.1) is 0 Å². The van der Waals surface area contributed by atoms with Gasteiger partial charge in [-0.2, -0.15) is 0 Å². The van der Waals surface area contributed by atoms with Gasteiger partial charge in [-0.1, -0.05) is 28.1 Å². The van der Waals surface area contributed by atoms with Gasteiger partial charge >= 0.3 is 5.97 Å². The second-order valence-electron chi connectivity index (χ2n) is 4.98. The molecule has 0 saturated carbocycles. The molecule has 0 saturated heterocycles. The third kappa shape index (κ3) is 4.39. The van der Waals surface area contributed by atoms with Gasteiger partial charge in [0.15, 0.2) is 6.10 Å². The molecule has 0 aliphatic carbocycles. The summed E-state index contributed by atoms with van der Waals surface area (Å²) in [5.74, 6) is -0.414. The van der Waals surface area contributed by atoms with Gasteiger partial charge in [0.1, 0.15) is 11.3 Å². The second kappa shape index (κ2) is 8.35. The lowest BCUT2D eigenvalue weighted by Crippen LogP contribution is -2.24. The summed E-state index contributed by atoms with van der Waals surface area (Å²) in [6.45, 7) is 1.56. The minimum absolute atomic E-state index is 0.254. The molecule has 0 amide bonds. The van der Waals surface area contributed by atoms with Gasteiger partial charge in [-0.15, -0.1) is 11.8 Å². The van der Waals surface area contributed by atoms with E-state index in [9.17, 15) is 9.59 Å². The SMILES string of the molecule is COc1cc(SC)ccc1C(=O)O[C@H](C)C(=O)c1ccc(Br)cc1. The smallest absolute Gasteiger partial charge is 0.342 e. The van der Waals surface area contributed by atoms with E-state index in [4.69, 9.17) is 9.47 Å². The summed E-state index contributed by atoms with van der Waals surface area (Å²) in [6.07, 6.45) is 1.05. The lowest BCUT2D eigenvalue weighted by atomic mass is 10.1. The van der Waals surface area contributed by atoms with Gasteiger partial charge in [0.05, 0.1) is 7.11 Å². The number of ketones is 1. The van der Waals surface area contributed by atoms with Crippen molar-refractivity contribution in [2.45, 2.75) is 17.9 Å². The topological polar surface area (TPSA) is 52.6 Å².